The van der Waals surface area contributed by atoms with Crippen LogP contribution >= 0.6 is 11.3 Å². The molecule has 2 heterocycles. The second-order valence-corrected chi connectivity index (χ2v) is 8.21. The van der Waals surface area contributed by atoms with Gasteiger partial charge in [-0.05, 0) is 43.7 Å². The smallest absolute Gasteiger partial charge is 0.206 e. The molecule has 20 heavy (non-hydrogen) atoms. The Bertz CT molecular complexity index is 580. The monoisotopic (exact) mass is 327 g/mol. The first kappa shape index (κ1) is 15.8. The van der Waals surface area contributed by atoms with Gasteiger partial charge in [-0.2, -0.15) is 17.5 Å². The normalized spacial score (nSPS) is 25.9. The van der Waals surface area contributed by atoms with Gasteiger partial charge in [-0.3, -0.25) is 0 Å². The maximum atomic E-state index is 12.8. The third-order valence-electron chi connectivity index (χ3n) is 3.56. The number of hydrogen-bond donors (Lipinski definition) is 0. The van der Waals surface area contributed by atoms with Crippen LogP contribution in [0.15, 0.2) is 15.7 Å². The third kappa shape index (κ3) is 3.01. The molecule has 0 bridgehead atoms. The van der Waals surface area contributed by atoms with Crippen LogP contribution in [0.4, 0.5) is 13.2 Å². The lowest BCUT2D eigenvalue weighted by Crippen LogP contribution is -2.48. The molecule has 0 radical (unpaired) electrons. The molecule has 0 aromatic carbocycles. The van der Waals surface area contributed by atoms with E-state index in [4.69, 9.17) is 0 Å². The summed E-state index contributed by atoms with van der Waals surface area (Å²) in [6.45, 7) is 2.93. The number of thiophene rings is 1. The quantitative estimate of drug-likeness (QED) is 0.835. The summed E-state index contributed by atoms with van der Waals surface area (Å²) in [6, 6.07) is 1.10. The summed E-state index contributed by atoms with van der Waals surface area (Å²) in [4.78, 5) is 0. The summed E-state index contributed by atoms with van der Waals surface area (Å²) in [5, 5.41) is 1.68. The lowest BCUT2D eigenvalue weighted by Gasteiger charge is -2.37. The Kier molecular flexibility index (Phi) is 4.19. The van der Waals surface area contributed by atoms with Crippen molar-refractivity contribution >= 4 is 21.4 Å². The van der Waals surface area contributed by atoms with Gasteiger partial charge in [0, 0.05) is 12.6 Å². The van der Waals surface area contributed by atoms with Crippen LogP contribution in [0.3, 0.4) is 0 Å². The molecule has 2 atom stereocenters. The summed E-state index contributed by atoms with van der Waals surface area (Å²) in [6.07, 6.45) is -4.13. The van der Waals surface area contributed by atoms with E-state index in [-0.39, 0.29) is 17.1 Å². The molecule has 2 unspecified atom stereocenters. The zero-order valence-electron chi connectivity index (χ0n) is 11.1. The molecule has 1 aliphatic rings. The second-order valence-electron chi connectivity index (χ2n) is 5.18. The fraction of sp³-hybridized carbons (Fsp3) is 0.667. The number of aryl methyl sites for hydroxylation is 1. The predicted octanol–water partition coefficient (Wildman–Crippen LogP) is 3.41. The first-order valence-electron chi connectivity index (χ1n) is 6.26. The van der Waals surface area contributed by atoms with Gasteiger partial charge in [-0.1, -0.05) is 0 Å². The Balaban J connectivity index is 2.30. The van der Waals surface area contributed by atoms with Crippen molar-refractivity contribution in [2.24, 2.45) is 5.92 Å². The molecule has 114 valence electrons. The number of sulfonamides is 1. The highest BCUT2D eigenvalue weighted by atomic mass is 32.2. The Labute approximate surface area is 120 Å². The topological polar surface area (TPSA) is 37.4 Å². The minimum absolute atomic E-state index is 0.0137. The molecule has 1 saturated heterocycles. The van der Waals surface area contributed by atoms with E-state index in [0.717, 1.165) is 21.2 Å². The van der Waals surface area contributed by atoms with E-state index < -0.39 is 34.7 Å². The second kappa shape index (κ2) is 5.31. The minimum atomic E-state index is -4.35. The molecule has 0 aliphatic carbocycles. The van der Waals surface area contributed by atoms with Crippen LogP contribution in [0.2, 0.25) is 0 Å². The minimum Gasteiger partial charge on any atom is -0.206 e. The van der Waals surface area contributed by atoms with Crippen molar-refractivity contribution in [1.82, 2.24) is 4.31 Å². The van der Waals surface area contributed by atoms with Crippen molar-refractivity contribution < 1.29 is 21.6 Å². The maximum absolute atomic E-state index is 12.8. The standard InChI is InChI=1S/C12H16F3NO2S2/c1-8-5-11(19-7-8)20(17,18)16-6-10(12(13,14)15)4-3-9(16)2/h5,7,9-10H,3-4,6H2,1-2H3. The number of hydrogen-bond acceptors (Lipinski definition) is 3. The Morgan fingerprint density at radius 1 is 1.35 bits per heavy atom. The van der Waals surface area contributed by atoms with Gasteiger partial charge < -0.3 is 0 Å². The molecule has 8 heteroatoms. The van der Waals surface area contributed by atoms with Gasteiger partial charge in [0.1, 0.15) is 4.21 Å². The molecular weight excluding hydrogens is 311 g/mol. The van der Waals surface area contributed by atoms with Gasteiger partial charge in [0.05, 0.1) is 5.92 Å². The Morgan fingerprint density at radius 2 is 2.00 bits per heavy atom. The zero-order valence-corrected chi connectivity index (χ0v) is 12.8. The average molecular weight is 327 g/mol. The number of alkyl halides is 3. The molecule has 1 aliphatic heterocycles. The molecular formula is C12H16F3NO2S2. The van der Waals surface area contributed by atoms with Crippen molar-refractivity contribution in [3.05, 3.63) is 17.0 Å². The highest BCUT2D eigenvalue weighted by Crippen LogP contribution is 2.38. The van der Waals surface area contributed by atoms with Gasteiger partial charge in [0.25, 0.3) is 10.0 Å². The molecule has 1 aromatic heterocycles. The van der Waals surface area contributed by atoms with E-state index >= 15 is 0 Å². The first-order valence-corrected chi connectivity index (χ1v) is 8.58. The summed E-state index contributed by atoms with van der Waals surface area (Å²) in [5.41, 5.74) is 0.797. The number of halogens is 3. The van der Waals surface area contributed by atoms with Gasteiger partial charge >= 0.3 is 6.18 Å². The third-order valence-corrected chi connectivity index (χ3v) is 7.07. The molecule has 0 amide bonds. The van der Waals surface area contributed by atoms with Gasteiger partial charge in [-0.15, -0.1) is 11.3 Å². The van der Waals surface area contributed by atoms with E-state index in [1.54, 1.807) is 19.2 Å². The van der Waals surface area contributed by atoms with E-state index in [0.29, 0.717) is 0 Å². The highest BCUT2D eigenvalue weighted by Gasteiger charge is 2.46. The molecule has 0 N–H and O–H groups in total. The largest absolute Gasteiger partial charge is 0.393 e. The Morgan fingerprint density at radius 3 is 2.50 bits per heavy atom. The molecule has 0 spiro atoms. The van der Waals surface area contributed by atoms with Crippen molar-refractivity contribution in [1.29, 1.82) is 0 Å². The maximum Gasteiger partial charge on any atom is 0.393 e. The summed E-state index contributed by atoms with van der Waals surface area (Å²) >= 11 is 1.05. The van der Waals surface area contributed by atoms with Crippen LogP contribution in [0.1, 0.15) is 25.3 Å². The van der Waals surface area contributed by atoms with E-state index in [1.807, 2.05) is 0 Å². The van der Waals surface area contributed by atoms with Crippen LogP contribution in [-0.4, -0.2) is 31.5 Å². The Hall–Kier alpha value is -0.600. The van der Waals surface area contributed by atoms with Crippen molar-refractivity contribution in [2.45, 2.75) is 43.1 Å². The highest BCUT2D eigenvalue weighted by molar-refractivity contribution is 7.91. The van der Waals surface area contributed by atoms with Crippen molar-refractivity contribution in [2.75, 3.05) is 6.54 Å². The fourth-order valence-electron chi connectivity index (χ4n) is 2.33. The SMILES string of the molecule is Cc1csc(S(=O)(=O)N2CC(C(F)(F)F)CCC2C)c1. The van der Waals surface area contributed by atoms with Crippen LogP contribution in [0.25, 0.3) is 0 Å². The van der Waals surface area contributed by atoms with Gasteiger partial charge in [0.2, 0.25) is 0 Å². The average Bonchev–Trinajstić information content (AvgIpc) is 2.75. The van der Waals surface area contributed by atoms with Gasteiger partial charge in [0.15, 0.2) is 0 Å². The lowest BCUT2D eigenvalue weighted by molar-refractivity contribution is -0.184. The van der Waals surface area contributed by atoms with E-state index in [9.17, 15) is 21.6 Å². The molecule has 3 nitrogen and oxygen atoms in total. The molecule has 1 fully saturated rings. The predicted molar refractivity (Wildman–Crippen MR) is 71.2 cm³/mol. The van der Waals surface area contributed by atoms with Crippen molar-refractivity contribution in [3.63, 3.8) is 0 Å². The van der Waals surface area contributed by atoms with Crippen LogP contribution in [-0.2, 0) is 10.0 Å². The van der Waals surface area contributed by atoms with Crippen LogP contribution < -0.4 is 0 Å². The summed E-state index contributed by atoms with van der Waals surface area (Å²) in [7, 11) is -3.83. The summed E-state index contributed by atoms with van der Waals surface area (Å²) < 4.78 is 64.5. The van der Waals surface area contributed by atoms with Crippen molar-refractivity contribution in [3.8, 4) is 0 Å². The molecule has 2 rings (SSSR count). The molecule has 0 saturated carbocycles. The summed E-state index contributed by atoms with van der Waals surface area (Å²) in [5.74, 6) is -1.57. The number of nitrogens with zero attached hydrogens (tertiary/aromatic N) is 1. The van der Waals surface area contributed by atoms with E-state index in [1.165, 1.54) is 6.07 Å². The van der Waals surface area contributed by atoms with E-state index in [2.05, 4.69) is 0 Å². The molecule has 1 aromatic rings. The number of piperidine rings is 1. The fourth-order valence-corrected chi connectivity index (χ4v) is 5.40. The van der Waals surface area contributed by atoms with Crippen LogP contribution in [0.5, 0.6) is 0 Å². The number of rotatable bonds is 2. The lowest BCUT2D eigenvalue weighted by atomic mass is 9.95. The zero-order chi connectivity index (χ0) is 15.1. The van der Waals surface area contributed by atoms with Gasteiger partial charge in [-0.25, -0.2) is 8.42 Å². The van der Waals surface area contributed by atoms with Crippen LogP contribution in [0, 0.1) is 12.8 Å². The first-order chi connectivity index (χ1) is 9.12.